The van der Waals surface area contributed by atoms with E-state index in [1.165, 1.54) is 22.6 Å². The minimum Gasteiger partial charge on any atom is -0.404 e. The van der Waals surface area contributed by atoms with Crippen molar-refractivity contribution < 1.29 is 31.1 Å². The van der Waals surface area contributed by atoms with Crippen molar-refractivity contribution in [3.05, 3.63) is 21.0 Å². The Morgan fingerprint density at radius 1 is 1.22 bits per heavy atom. The summed E-state index contributed by atoms with van der Waals surface area (Å²) >= 11 is 6.48. The Labute approximate surface area is 115 Å². The number of ether oxygens (including phenoxy) is 1. The van der Waals surface area contributed by atoms with Gasteiger partial charge in [-0.15, -0.1) is 24.8 Å². The molecule has 0 bridgehead atoms. The summed E-state index contributed by atoms with van der Waals surface area (Å²) in [5, 5.41) is 0. The van der Waals surface area contributed by atoms with E-state index in [-0.39, 0.29) is 0 Å². The van der Waals surface area contributed by atoms with Gasteiger partial charge in [-0.2, -0.15) is 13.2 Å². The lowest BCUT2D eigenvalue weighted by atomic mass is 10.3. The van der Waals surface area contributed by atoms with E-state index >= 15 is 0 Å². The van der Waals surface area contributed by atoms with Gasteiger partial charge < -0.3 is 4.74 Å². The minimum atomic E-state index is -5.02. The second kappa shape index (κ2) is 5.27. The largest absolute Gasteiger partial charge is 0.573 e. The highest BCUT2D eigenvalue weighted by Crippen LogP contribution is 2.36. The molecule has 1 heterocycles. The molecule has 2 nitrogen and oxygen atoms in total. The van der Waals surface area contributed by atoms with Crippen LogP contribution in [0, 0.1) is 3.57 Å². The Morgan fingerprint density at radius 3 is 2.17 bits per heavy atom. The molecule has 0 fully saturated rings. The number of aromatic nitrogens is 1. The molecular formula is C8H3ClF6INO. The van der Waals surface area contributed by atoms with Gasteiger partial charge >= 0.3 is 12.5 Å². The third-order valence-electron chi connectivity index (χ3n) is 1.64. The molecule has 10 heteroatoms. The summed E-state index contributed by atoms with van der Waals surface area (Å²) in [6.45, 7) is 0. The number of pyridine rings is 1. The molecular weight excluding hydrogens is 402 g/mol. The minimum absolute atomic E-state index is 0.506. The number of halogens is 8. The van der Waals surface area contributed by atoms with Gasteiger partial charge in [-0.3, -0.25) is 0 Å². The average Bonchev–Trinajstić information content (AvgIpc) is 2.13. The monoisotopic (exact) mass is 405 g/mol. The lowest BCUT2D eigenvalue weighted by Gasteiger charge is -2.15. The van der Waals surface area contributed by atoms with E-state index in [1.54, 1.807) is 0 Å². The molecule has 1 rings (SSSR count). The standard InChI is InChI=1S/C8H3ClF6INO/c9-2-4-5(18-8(13,14)15)1-3(16)6(17-4)7(10,11)12/h1H,2H2. The van der Waals surface area contributed by atoms with Crippen LogP contribution in [-0.2, 0) is 12.1 Å². The maximum atomic E-state index is 12.5. The van der Waals surface area contributed by atoms with Gasteiger partial charge in [0.1, 0.15) is 0 Å². The summed E-state index contributed by atoms with van der Waals surface area (Å²) < 4.78 is 76.4. The summed E-state index contributed by atoms with van der Waals surface area (Å²) in [7, 11) is 0. The molecule has 18 heavy (non-hydrogen) atoms. The van der Waals surface area contributed by atoms with E-state index in [1.807, 2.05) is 0 Å². The molecule has 0 spiro atoms. The number of nitrogens with zero attached hydrogens (tertiary/aromatic N) is 1. The molecule has 1 aromatic rings. The molecule has 0 amide bonds. The molecule has 1 aromatic heterocycles. The number of hydrogen-bond donors (Lipinski definition) is 0. The third kappa shape index (κ3) is 4.04. The van der Waals surface area contributed by atoms with Crippen LogP contribution in [0.1, 0.15) is 11.4 Å². The average molecular weight is 405 g/mol. The second-order valence-corrected chi connectivity index (χ2v) is 4.37. The van der Waals surface area contributed by atoms with Crippen LogP contribution in [0.15, 0.2) is 6.07 Å². The third-order valence-corrected chi connectivity index (χ3v) is 2.71. The molecule has 0 aliphatic heterocycles. The number of hydrogen-bond acceptors (Lipinski definition) is 2. The van der Waals surface area contributed by atoms with E-state index in [2.05, 4.69) is 9.72 Å². The van der Waals surface area contributed by atoms with Gasteiger partial charge in [0, 0.05) is 3.57 Å². The lowest BCUT2D eigenvalue weighted by Crippen LogP contribution is -2.20. The molecule has 0 aliphatic rings. The fourth-order valence-corrected chi connectivity index (χ4v) is 1.92. The van der Waals surface area contributed by atoms with Crippen molar-refractivity contribution in [2.24, 2.45) is 0 Å². The van der Waals surface area contributed by atoms with Gasteiger partial charge in [-0.05, 0) is 28.7 Å². The highest BCUT2D eigenvalue weighted by atomic mass is 127. The molecule has 0 saturated heterocycles. The summed E-state index contributed by atoms with van der Waals surface area (Å²) in [5.41, 5.74) is -1.92. The van der Waals surface area contributed by atoms with Crippen LogP contribution in [0.5, 0.6) is 5.75 Å². The molecule has 0 N–H and O–H groups in total. The van der Waals surface area contributed by atoms with E-state index < -0.39 is 39.1 Å². The van der Waals surface area contributed by atoms with Crippen molar-refractivity contribution in [3.8, 4) is 5.75 Å². The second-order valence-electron chi connectivity index (χ2n) is 2.94. The molecule has 0 unspecified atom stereocenters. The van der Waals surface area contributed by atoms with Gasteiger partial charge in [-0.1, -0.05) is 0 Å². The van der Waals surface area contributed by atoms with Crippen molar-refractivity contribution in [3.63, 3.8) is 0 Å². The van der Waals surface area contributed by atoms with E-state index in [0.717, 1.165) is 0 Å². The Morgan fingerprint density at radius 2 is 1.78 bits per heavy atom. The van der Waals surface area contributed by atoms with Crippen LogP contribution in [0.4, 0.5) is 26.3 Å². The Balaban J connectivity index is 3.28. The van der Waals surface area contributed by atoms with Crippen LogP contribution in [0.25, 0.3) is 0 Å². The molecule has 0 saturated carbocycles. The zero-order valence-corrected chi connectivity index (χ0v) is 11.1. The fourth-order valence-electron chi connectivity index (χ4n) is 1.02. The summed E-state index contributed by atoms with van der Waals surface area (Å²) in [4.78, 5) is 3.06. The molecule has 0 aromatic carbocycles. The van der Waals surface area contributed by atoms with Crippen LogP contribution >= 0.6 is 34.2 Å². The Hall–Kier alpha value is -0.450. The lowest BCUT2D eigenvalue weighted by molar-refractivity contribution is -0.275. The summed E-state index contributed by atoms with van der Waals surface area (Å²) in [5.74, 6) is -1.47. The predicted molar refractivity (Wildman–Crippen MR) is 58.2 cm³/mol. The Bertz CT molecular complexity index is 446. The maximum absolute atomic E-state index is 12.5. The van der Waals surface area contributed by atoms with Crippen LogP contribution in [0.2, 0.25) is 0 Å². The highest BCUT2D eigenvalue weighted by molar-refractivity contribution is 14.1. The van der Waals surface area contributed by atoms with Crippen molar-refractivity contribution in [2.75, 3.05) is 0 Å². The first-order chi connectivity index (χ1) is 8.04. The van der Waals surface area contributed by atoms with Crippen LogP contribution in [0.3, 0.4) is 0 Å². The molecule has 102 valence electrons. The summed E-state index contributed by atoms with van der Waals surface area (Å²) in [6.07, 6.45) is -9.79. The van der Waals surface area contributed by atoms with Crippen molar-refractivity contribution in [1.82, 2.24) is 4.98 Å². The van der Waals surface area contributed by atoms with Gasteiger partial charge in [0.15, 0.2) is 11.4 Å². The normalized spacial score (nSPS) is 12.7. The zero-order chi connectivity index (χ0) is 14.1. The van der Waals surface area contributed by atoms with Gasteiger partial charge in [0.05, 0.1) is 11.6 Å². The van der Waals surface area contributed by atoms with E-state index in [0.29, 0.717) is 6.07 Å². The first kappa shape index (κ1) is 15.6. The first-order valence-electron chi connectivity index (χ1n) is 4.13. The van der Waals surface area contributed by atoms with Gasteiger partial charge in [0.2, 0.25) is 0 Å². The SMILES string of the molecule is FC(F)(F)Oc1cc(I)c(C(F)(F)F)nc1CCl. The Kier molecular flexibility index (Phi) is 4.57. The van der Waals surface area contributed by atoms with Crippen molar-refractivity contribution in [2.45, 2.75) is 18.4 Å². The first-order valence-corrected chi connectivity index (χ1v) is 5.74. The summed E-state index contributed by atoms with van der Waals surface area (Å²) in [6, 6.07) is 0.599. The molecule has 0 aliphatic carbocycles. The van der Waals surface area contributed by atoms with Gasteiger partial charge in [0.25, 0.3) is 0 Å². The number of alkyl halides is 7. The van der Waals surface area contributed by atoms with Crippen molar-refractivity contribution >= 4 is 34.2 Å². The van der Waals surface area contributed by atoms with E-state index in [9.17, 15) is 26.3 Å². The smallest absolute Gasteiger partial charge is 0.404 e. The topological polar surface area (TPSA) is 22.1 Å². The quantitative estimate of drug-likeness (QED) is 0.415. The fraction of sp³-hybridized carbons (Fsp3) is 0.375. The van der Waals surface area contributed by atoms with Crippen LogP contribution < -0.4 is 4.74 Å². The molecule has 0 radical (unpaired) electrons. The zero-order valence-electron chi connectivity index (χ0n) is 8.16. The van der Waals surface area contributed by atoms with Gasteiger partial charge in [-0.25, -0.2) is 4.98 Å². The molecule has 0 atom stereocenters. The van der Waals surface area contributed by atoms with E-state index in [4.69, 9.17) is 11.6 Å². The number of rotatable bonds is 2. The predicted octanol–water partition coefficient (Wildman–Crippen LogP) is 4.34. The maximum Gasteiger partial charge on any atom is 0.573 e. The highest BCUT2D eigenvalue weighted by Gasteiger charge is 2.38. The van der Waals surface area contributed by atoms with Crippen LogP contribution in [-0.4, -0.2) is 11.3 Å². The van der Waals surface area contributed by atoms with Crippen molar-refractivity contribution in [1.29, 1.82) is 0 Å².